The minimum absolute atomic E-state index is 0.0436. The van der Waals surface area contributed by atoms with Crippen molar-refractivity contribution < 1.29 is 24.3 Å². The summed E-state index contributed by atoms with van der Waals surface area (Å²) < 4.78 is 0. The zero-order chi connectivity index (χ0) is 36.8. The molecule has 5 saturated carbocycles. The SMILES string of the molecule is Cc1nc(C)c(C(=O)NCCC23CCC4C(CCC5C4(C)CCC4C(C)C(CC(=O)C6CC(C(=O)O)C6C)CCC45C)C2=C(C(C)C)C(=O)C3)s1. The van der Waals surface area contributed by atoms with Crippen LogP contribution < -0.4 is 5.32 Å². The number of Topliss-reactive ketones (excluding diaryl/α,β-unsaturated/α-hetero) is 2. The Balaban J connectivity index is 1.07. The lowest BCUT2D eigenvalue weighted by molar-refractivity contribution is -0.172. The van der Waals surface area contributed by atoms with Crippen molar-refractivity contribution in [1.82, 2.24) is 10.3 Å². The van der Waals surface area contributed by atoms with E-state index in [0.717, 1.165) is 48.4 Å². The normalized spacial score (nSPS) is 41.7. The number of hydrogen-bond donors (Lipinski definition) is 2. The van der Waals surface area contributed by atoms with Crippen LogP contribution in [0.5, 0.6) is 0 Å². The first-order valence-corrected chi connectivity index (χ1v) is 21.1. The Morgan fingerprint density at radius 2 is 1.63 bits per heavy atom. The molecule has 1 aromatic rings. The first kappa shape index (κ1) is 37.0. The molecule has 8 heteroatoms. The number of fused-ring (bicyclic) bond motifs is 7. The van der Waals surface area contributed by atoms with Crippen LogP contribution in [0.3, 0.4) is 0 Å². The molecule has 280 valence electrons. The number of aryl methyl sites for hydroxylation is 2. The van der Waals surface area contributed by atoms with E-state index in [1.54, 1.807) is 0 Å². The van der Waals surface area contributed by atoms with Gasteiger partial charge in [0.1, 0.15) is 10.7 Å². The lowest BCUT2D eigenvalue weighted by Gasteiger charge is -2.67. The maximum Gasteiger partial charge on any atom is 0.306 e. The van der Waals surface area contributed by atoms with Crippen LogP contribution in [0, 0.1) is 89.3 Å². The molecule has 6 aliphatic rings. The molecule has 1 heterocycles. The summed E-state index contributed by atoms with van der Waals surface area (Å²) in [6, 6.07) is 0. The number of aliphatic carboxylic acids is 1. The molecule has 7 rings (SSSR count). The highest BCUT2D eigenvalue weighted by molar-refractivity contribution is 7.13. The van der Waals surface area contributed by atoms with Gasteiger partial charge in [-0.2, -0.15) is 0 Å². The van der Waals surface area contributed by atoms with E-state index >= 15 is 0 Å². The smallest absolute Gasteiger partial charge is 0.306 e. The van der Waals surface area contributed by atoms with Crippen LogP contribution in [0.15, 0.2) is 11.1 Å². The van der Waals surface area contributed by atoms with Gasteiger partial charge in [-0.05, 0) is 142 Å². The van der Waals surface area contributed by atoms with Gasteiger partial charge in [0.15, 0.2) is 5.78 Å². The average molecular weight is 719 g/mol. The summed E-state index contributed by atoms with van der Waals surface area (Å²) in [6.45, 7) is 18.4. The zero-order valence-electron chi connectivity index (χ0n) is 32.4. The Morgan fingerprint density at radius 1 is 0.941 bits per heavy atom. The largest absolute Gasteiger partial charge is 0.481 e. The number of ketones is 2. The van der Waals surface area contributed by atoms with E-state index < -0.39 is 5.97 Å². The maximum atomic E-state index is 13.9. The van der Waals surface area contributed by atoms with Gasteiger partial charge in [0.2, 0.25) is 0 Å². The zero-order valence-corrected chi connectivity index (χ0v) is 33.2. The molecule has 12 unspecified atom stereocenters. The Morgan fingerprint density at radius 3 is 2.27 bits per heavy atom. The lowest BCUT2D eigenvalue weighted by Crippen LogP contribution is -2.60. The number of aromatic nitrogens is 1. The number of allylic oxidation sites excluding steroid dienone is 2. The van der Waals surface area contributed by atoms with E-state index in [0.29, 0.717) is 77.8 Å². The molecule has 5 fully saturated rings. The molecule has 7 nitrogen and oxygen atoms in total. The number of amides is 1. The van der Waals surface area contributed by atoms with Crippen molar-refractivity contribution in [2.45, 2.75) is 132 Å². The number of hydrogen-bond acceptors (Lipinski definition) is 6. The number of thiazole rings is 1. The highest BCUT2D eigenvalue weighted by Crippen LogP contribution is 2.72. The van der Waals surface area contributed by atoms with Gasteiger partial charge in [-0.25, -0.2) is 4.98 Å². The van der Waals surface area contributed by atoms with Gasteiger partial charge in [-0.3, -0.25) is 19.2 Å². The van der Waals surface area contributed by atoms with Crippen LogP contribution in [-0.2, 0) is 14.4 Å². The van der Waals surface area contributed by atoms with Crippen molar-refractivity contribution >= 4 is 34.8 Å². The third-order valence-corrected chi connectivity index (χ3v) is 17.5. The highest BCUT2D eigenvalue weighted by atomic mass is 32.1. The maximum absolute atomic E-state index is 13.9. The standard InChI is InChI=1S/C43H62N2O5S/c1-22(2)36-34(47)21-43(17-18-44-39(48)38-25(5)45-26(6)51-38)16-13-32-28(37(36)43)9-10-35-41(7)14-11-27(23(3)31(41)12-15-42(32,35)8)19-33(46)29-20-30(24(29)4)40(49)50/h22-24,27-32,35H,9-21H2,1-8H3,(H,44,48)(H,49,50). The van der Waals surface area contributed by atoms with Gasteiger partial charge in [0.25, 0.3) is 5.91 Å². The predicted octanol–water partition coefficient (Wildman–Crippen LogP) is 9.01. The quantitative estimate of drug-likeness (QED) is 0.264. The highest BCUT2D eigenvalue weighted by Gasteiger charge is 2.64. The van der Waals surface area contributed by atoms with Crippen molar-refractivity contribution in [3.63, 3.8) is 0 Å². The van der Waals surface area contributed by atoms with E-state index in [9.17, 15) is 24.3 Å². The van der Waals surface area contributed by atoms with Crippen molar-refractivity contribution in [3.05, 3.63) is 26.7 Å². The molecule has 1 amide bonds. The summed E-state index contributed by atoms with van der Waals surface area (Å²) in [6.07, 6.45) is 11.8. The minimum atomic E-state index is -0.755. The minimum Gasteiger partial charge on any atom is -0.481 e. The van der Waals surface area contributed by atoms with E-state index in [1.807, 2.05) is 20.8 Å². The van der Waals surface area contributed by atoms with Crippen molar-refractivity contribution in [1.29, 1.82) is 0 Å². The van der Waals surface area contributed by atoms with E-state index in [1.165, 1.54) is 42.6 Å². The molecule has 0 aliphatic heterocycles. The van der Waals surface area contributed by atoms with Crippen LogP contribution in [0.2, 0.25) is 0 Å². The number of carboxylic acid groups (broad SMARTS) is 1. The molecule has 0 bridgehead atoms. The number of rotatable bonds is 9. The molecule has 2 N–H and O–H groups in total. The average Bonchev–Trinajstić information content (AvgIpc) is 3.55. The van der Waals surface area contributed by atoms with Crippen LogP contribution in [0.4, 0.5) is 0 Å². The Bertz CT molecular complexity index is 1640. The van der Waals surface area contributed by atoms with Crippen LogP contribution in [0.1, 0.15) is 139 Å². The number of carbonyl (C=O) groups is 4. The number of carbonyl (C=O) groups excluding carboxylic acids is 3. The Kier molecular flexibility index (Phi) is 9.57. The van der Waals surface area contributed by atoms with Gasteiger partial charge < -0.3 is 10.4 Å². The van der Waals surface area contributed by atoms with Crippen LogP contribution >= 0.6 is 11.3 Å². The molecule has 0 saturated heterocycles. The fourth-order valence-corrected chi connectivity index (χ4v) is 14.8. The fourth-order valence-electron chi connectivity index (χ4n) is 13.9. The Labute approximate surface area is 309 Å². The second-order valence-corrected chi connectivity index (χ2v) is 20.2. The molecular weight excluding hydrogens is 657 g/mol. The second kappa shape index (κ2) is 13.2. The molecule has 12 atom stereocenters. The summed E-state index contributed by atoms with van der Waals surface area (Å²) >= 11 is 1.45. The van der Waals surface area contributed by atoms with Gasteiger partial charge in [-0.15, -0.1) is 11.3 Å². The molecule has 0 aromatic carbocycles. The van der Waals surface area contributed by atoms with Gasteiger partial charge in [0.05, 0.1) is 16.6 Å². The number of nitrogens with one attached hydrogen (secondary N) is 1. The number of carboxylic acids is 1. The molecular formula is C43H62N2O5S. The van der Waals surface area contributed by atoms with Crippen LogP contribution in [-0.4, -0.2) is 40.1 Å². The molecule has 1 aromatic heterocycles. The second-order valence-electron chi connectivity index (χ2n) is 19.0. The van der Waals surface area contributed by atoms with Gasteiger partial charge in [-0.1, -0.05) is 47.1 Å². The molecule has 0 spiro atoms. The van der Waals surface area contributed by atoms with Crippen molar-refractivity contribution in [2.75, 3.05) is 6.54 Å². The summed E-state index contributed by atoms with van der Waals surface area (Å²) in [5, 5.41) is 13.6. The summed E-state index contributed by atoms with van der Waals surface area (Å²) in [7, 11) is 0. The molecule has 51 heavy (non-hydrogen) atoms. The monoisotopic (exact) mass is 718 g/mol. The Hall–Kier alpha value is -2.35. The van der Waals surface area contributed by atoms with Crippen LogP contribution in [0.25, 0.3) is 0 Å². The third-order valence-electron chi connectivity index (χ3n) is 16.5. The van der Waals surface area contributed by atoms with E-state index in [2.05, 4.69) is 44.9 Å². The summed E-state index contributed by atoms with van der Waals surface area (Å²) in [4.78, 5) is 57.2. The van der Waals surface area contributed by atoms with Gasteiger partial charge >= 0.3 is 5.97 Å². The van der Waals surface area contributed by atoms with Crippen molar-refractivity contribution in [3.8, 4) is 0 Å². The predicted molar refractivity (Wildman–Crippen MR) is 200 cm³/mol. The molecule has 0 radical (unpaired) electrons. The van der Waals surface area contributed by atoms with E-state index in [-0.39, 0.29) is 45.8 Å². The first-order chi connectivity index (χ1) is 24.0. The summed E-state index contributed by atoms with van der Waals surface area (Å²) in [5.41, 5.74) is 3.72. The topological polar surface area (TPSA) is 113 Å². The lowest BCUT2D eigenvalue weighted by atomic mass is 9.37. The first-order valence-electron chi connectivity index (χ1n) is 20.3. The fraction of sp³-hybridized carbons (Fsp3) is 0.791. The third kappa shape index (κ3) is 5.82. The molecule has 6 aliphatic carbocycles. The van der Waals surface area contributed by atoms with Crippen molar-refractivity contribution in [2.24, 2.45) is 75.4 Å². The summed E-state index contributed by atoms with van der Waals surface area (Å²) in [5.74, 6) is 2.75. The van der Waals surface area contributed by atoms with E-state index in [4.69, 9.17) is 0 Å². The number of nitrogens with zero attached hydrogens (tertiary/aromatic N) is 1. The van der Waals surface area contributed by atoms with Gasteiger partial charge in [0, 0.05) is 30.7 Å².